The highest BCUT2D eigenvalue weighted by Crippen LogP contribution is 2.24. The van der Waals surface area contributed by atoms with Gasteiger partial charge >= 0.3 is 0 Å². The molecule has 13 heavy (non-hydrogen) atoms. The molecule has 0 fully saturated rings. The van der Waals surface area contributed by atoms with Crippen molar-refractivity contribution in [2.24, 2.45) is 0 Å². The molecule has 68 valence electrons. The minimum Gasteiger partial charge on any atom is -0.383 e. The van der Waals surface area contributed by atoms with Gasteiger partial charge in [0, 0.05) is 14.1 Å². The van der Waals surface area contributed by atoms with E-state index >= 15 is 0 Å². The van der Waals surface area contributed by atoms with Crippen LogP contribution in [0.4, 0.5) is 11.6 Å². The smallest absolute Gasteiger partial charge is 0.163 e. The number of anilines is 2. The fraction of sp³-hybridized carbons (Fsp3) is 0.286. The van der Waals surface area contributed by atoms with E-state index in [1.165, 1.54) is 6.33 Å². The van der Waals surface area contributed by atoms with Gasteiger partial charge in [0.1, 0.15) is 17.5 Å². The van der Waals surface area contributed by atoms with Crippen molar-refractivity contribution in [1.82, 2.24) is 20.2 Å². The van der Waals surface area contributed by atoms with E-state index in [0.29, 0.717) is 11.5 Å². The predicted octanol–water partition coefficient (Wildman–Crippen LogP) is 0.00110. The zero-order valence-corrected chi connectivity index (χ0v) is 7.44. The summed E-state index contributed by atoms with van der Waals surface area (Å²) < 4.78 is 0. The van der Waals surface area contributed by atoms with E-state index in [4.69, 9.17) is 5.73 Å². The van der Waals surface area contributed by atoms with Crippen LogP contribution in [-0.2, 0) is 0 Å². The number of H-pyrrole nitrogens is 1. The highest BCUT2D eigenvalue weighted by Gasteiger charge is 2.11. The van der Waals surface area contributed by atoms with Gasteiger partial charge in [0.15, 0.2) is 11.5 Å². The number of fused-ring (bicyclic) bond motifs is 1. The molecular formula is C7H10N6. The van der Waals surface area contributed by atoms with Crippen molar-refractivity contribution in [3.8, 4) is 0 Å². The standard InChI is InChI=1S/C7H10N6/c1-13(2)7-4-5(8)9-3-10-6(4)11-12-7/h3H,1-2H3,(H3,8,9,10,11,12). The summed E-state index contributed by atoms with van der Waals surface area (Å²) in [6, 6.07) is 0. The van der Waals surface area contributed by atoms with Gasteiger partial charge in [-0.2, -0.15) is 5.10 Å². The Hall–Kier alpha value is -1.85. The van der Waals surface area contributed by atoms with Crippen LogP contribution < -0.4 is 10.6 Å². The van der Waals surface area contributed by atoms with Gasteiger partial charge in [0.2, 0.25) is 0 Å². The lowest BCUT2D eigenvalue weighted by atomic mass is 10.3. The number of rotatable bonds is 1. The van der Waals surface area contributed by atoms with Crippen molar-refractivity contribution in [2.75, 3.05) is 24.7 Å². The molecule has 0 spiro atoms. The lowest BCUT2D eigenvalue weighted by Crippen LogP contribution is -2.10. The first kappa shape index (κ1) is 7.78. The summed E-state index contributed by atoms with van der Waals surface area (Å²) in [4.78, 5) is 9.77. The number of hydrogen-bond donors (Lipinski definition) is 2. The molecule has 2 heterocycles. The minimum absolute atomic E-state index is 0.447. The summed E-state index contributed by atoms with van der Waals surface area (Å²) in [5, 5.41) is 7.63. The summed E-state index contributed by atoms with van der Waals surface area (Å²) in [6.45, 7) is 0. The van der Waals surface area contributed by atoms with E-state index in [2.05, 4.69) is 20.2 Å². The van der Waals surface area contributed by atoms with Crippen molar-refractivity contribution in [3.63, 3.8) is 0 Å². The molecule has 6 heteroatoms. The van der Waals surface area contributed by atoms with Crippen LogP contribution in [0.5, 0.6) is 0 Å². The third kappa shape index (κ3) is 1.07. The lowest BCUT2D eigenvalue weighted by Gasteiger charge is -2.07. The molecule has 0 aromatic carbocycles. The molecule has 0 saturated carbocycles. The Labute approximate surface area is 74.8 Å². The van der Waals surface area contributed by atoms with E-state index in [0.717, 1.165) is 11.2 Å². The molecule has 0 atom stereocenters. The summed E-state index contributed by atoms with van der Waals surface area (Å²) in [5.41, 5.74) is 6.36. The fourth-order valence-electron chi connectivity index (χ4n) is 1.19. The van der Waals surface area contributed by atoms with Crippen molar-refractivity contribution in [2.45, 2.75) is 0 Å². The maximum atomic E-state index is 5.70. The maximum absolute atomic E-state index is 5.70. The first-order chi connectivity index (χ1) is 6.20. The van der Waals surface area contributed by atoms with E-state index in [-0.39, 0.29) is 0 Å². The highest BCUT2D eigenvalue weighted by molar-refractivity contribution is 5.95. The molecular weight excluding hydrogens is 168 g/mol. The van der Waals surface area contributed by atoms with Crippen LogP contribution in [0.25, 0.3) is 11.0 Å². The molecule has 0 radical (unpaired) electrons. The average molecular weight is 178 g/mol. The molecule has 0 aliphatic carbocycles. The molecule has 0 saturated heterocycles. The fourth-order valence-corrected chi connectivity index (χ4v) is 1.19. The highest BCUT2D eigenvalue weighted by atomic mass is 15.3. The van der Waals surface area contributed by atoms with Crippen LogP contribution in [-0.4, -0.2) is 34.3 Å². The second-order valence-corrected chi connectivity index (χ2v) is 2.92. The lowest BCUT2D eigenvalue weighted by molar-refractivity contribution is 1.02. The van der Waals surface area contributed by atoms with Gasteiger partial charge in [-0.3, -0.25) is 5.10 Å². The van der Waals surface area contributed by atoms with E-state index in [9.17, 15) is 0 Å². The van der Waals surface area contributed by atoms with Gasteiger partial charge in [-0.1, -0.05) is 0 Å². The van der Waals surface area contributed by atoms with Crippen molar-refractivity contribution >= 4 is 22.7 Å². The Morgan fingerprint density at radius 1 is 1.38 bits per heavy atom. The number of nitrogen functional groups attached to an aromatic ring is 1. The van der Waals surface area contributed by atoms with E-state index < -0.39 is 0 Å². The van der Waals surface area contributed by atoms with Gasteiger partial charge < -0.3 is 10.6 Å². The molecule has 2 aromatic heterocycles. The molecule has 0 amide bonds. The monoisotopic (exact) mass is 178 g/mol. The second-order valence-electron chi connectivity index (χ2n) is 2.92. The van der Waals surface area contributed by atoms with Gasteiger partial charge in [0.05, 0.1) is 0 Å². The SMILES string of the molecule is CN(C)c1n[nH]c2ncnc(N)c12. The van der Waals surface area contributed by atoms with Crippen molar-refractivity contribution in [1.29, 1.82) is 0 Å². The summed E-state index contributed by atoms with van der Waals surface area (Å²) in [7, 11) is 3.78. The van der Waals surface area contributed by atoms with Crippen LogP contribution >= 0.6 is 0 Å². The summed E-state index contributed by atoms with van der Waals surface area (Å²) >= 11 is 0. The Bertz CT molecular complexity index is 431. The topological polar surface area (TPSA) is 83.7 Å². The Morgan fingerprint density at radius 2 is 2.15 bits per heavy atom. The Balaban J connectivity index is 2.79. The summed E-state index contributed by atoms with van der Waals surface area (Å²) in [5.74, 6) is 1.20. The molecule has 0 unspecified atom stereocenters. The molecule has 2 rings (SSSR count). The van der Waals surface area contributed by atoms with E-state index in [1.807, 2.05) is 19.0 Å². The zero-order valence-electron chi connectivity index (χ0n) is 7.44. The Kier molecular flexibility index (Phi) is 1.54. The number of nitrogens with two attached hydrogens (primary N) is 1. The predicted molar refractivity (Wildman–Crippen MR) is 50.4 cm³/mol. The van der Waals surface area contributed by atoms with Gasteiger partial charge in [0.25, 0.3) is 0 Å². The molecule has 6 nitrogen and oxygen atoms in total. The number of nitrogens with one attached hydrogen (secondary N) is 1. The van der Waals surface area contributed by atoms with Crippen LogP contribution in [0.15, 0.2) is 6.33 Å². The number of hydrogen-bond acceptors (Lipinski definition) is 5. The second kappa shape index (κ2) is 2.58. The summed E-state index contributed by atoms with van der Waals surface area (Å²) in [6.07, 6.45) is 1.41. The molecule has 3 N–H and O–H groups in total. The minimum atomic E-state index is 0.447. The van der Waals surface area contributed by atoms with Crippen molar-refractivity contribution in [3.05, 3.63) is 6.33 Å². The normalized spacial score (nSPS) is 10.6. The van der Waals surface area contributed by atoms with Gasteiger partial charge in [-0.15, -0.1) is 0 Å². The van der Waals surface area contributed by atoms with Crippen molar-refractivity contribution < 1.29 is 0 Å². The third-order valence-electron chi connectivity index (χ3n) is 1.79. The van der Waals surface area contributed by atoms with Gasteiger partial charge in [-0.05, 0) is 0 Å². The van der Waals surface area contributed by atoms with Gasteiger partial charge in [-0.25, -0.2) is 9.97 Å². The van der Waals surface area contributed by atoms with Crippen LogP contribution in [0, 0.1) is 0 Å². The first-order valence-corrected chi connectivity index (χ1v) is 3.82. The molecule has 0 aliphatic rings. The largest absolute Gasteiger partial charge is 0.383 e. The first-order valence-electron chi connectivity index (χ1n) is 3.82. The van der Waals surface area contributed by atoms with Crippen LogP contribution in [0.3, 0.4) is 0 Å². The van der Waals surface area contributed by atoms with Crippen LogP contribution in [0.2, 0.25) is 0 Å². The molecule has 0 aliphatic heterocycles. The third-order valence-corrected chi connectivity index (χ3v) is 1.79. The molecule has 0 bridgehead atoms. The number of nitrogens with zero attached hydrogens (tertiary/aromatic N) is 4. The van der Waals surface area contributed by atoms with Crippen LogP contribution in [0.1, 0.15) is 0 Å². The zero-order chi connectivity index (χ0) is 9.42. The molecule has 2 aromatic rings. The maximum Gasteiger partial charge on any atom is 0.163 e. The number of aromatic nitrogens is 4. The van der Waals surface area contributed by atoms with E-state index in [1.54, 1.807) is 0 Å². The average Bonchev–Trinajstić information content (AvgIpc) is 2.49. The number of aromatic amines is 1. The Morgan fingerprint density at radius 3 is 2.85 bits per heavy atom. The quantitative estimate of drug-likeness (QED) is 0.642.